The van der Waals surface area contributed by atoms with Crippen LogP contribution in [0, 0.1) is 23.7 Å². The smallest absolute Gasteiger partial charge is 0.364 e. The monoisotopic (exact) mass is 576 g/mol. The molecule has 0 bridgehead atoms. The van der Waals surface area contributed by atoms with Crippen molar-refractivity contribution >= 4 is 5.97 Å². The molecule has 2 aliphatic carbocycles. The second kappa shape index (κ2) is 15.1. The van der Waals surface area contributed by atoms with Gasteiger partial charge in [0.05, 0.1) is 12.2 Å². The van der Waals surface area contributed by atoms with Gasteiger partial charge in [0.2, 0.25) is 0 Å². The van der Waals surface area contributed by atoms with E-state index in [0.717, 1.165) is 50.4 Å². The maximum absolute atomic E-state index is 12.7. The molecule has 0 amide bonds. The Balaban J connectivity index is 1.10. The molecule has 3 saturated heterocycles. The number of aliphatic carboxylic acids is 1. The number of hydrogen-bond donors (Lipinski definition) is 1. The van der Waals surface area contributed by atoms with E-state index < -0.39 is 24.3 Å². The number of rotatable bonds is 16. The van der Waals surface area contributed by atoms with E-state index in [1.54, 1.807) is 0 Å². The molecule has 3 heterocycles. The molecule has 7 heteroatoms. The molecule has 7 nitrogen and oxygen atoms in total. The summed E-state index contributed by atoms with van der Waals surface area (Å²) < 4.78 is 29.9. The standard InChI is InChI=1S/C34H56O7/c1-24(22-26-11-3-4-12-26)10-9-13-27-17-16-25(2)28(27)23-30-29(39-30)18-19-34(33(35)36,40-31-14-5-7-20-37-31)41-32-15-6-8-21-38-32/h24,26-32H,2-23H2,1H3,(H,35,36)/t24?,27-,28-,29?,30+,31?,32?,34?/m0/s1. The van der Waals surface area contributed by atoms with Crippen LogP contribution in [0.25, 0.3) is 0 Å². The van der Waals surface area contributed by atoms with Crippen LogP contribution in [-0.4, -0.2) is 54.9 Å². The van der Waals surface area contributed by atoms with Crippen molar-refractivity contribution in [2.45, 2.75) is 159 Å². The van der Waals surface area contributed by atoms with Crippen LogP contribution in [0.3, 0.4) is 0 Å². The van der Waals surface area contributed by atoms with Gasteiger partial charge in [-0.05, 0) is 101 Å². The van der Waals surface area contributed by atoms with Crippen LogP contribution in [0.5, 0.6) is 0 Å². The van der Waals surface area contributed by atoms with Gasteiger partial charge in [0.25, 0.3) is 5.79 Å². The molecule has 7 atom stereocenters. The molecule has 41 heavy (non-hydrogen) atoms. The predicted molar refractivity (Wildman–Crippen MR) is 157 cm³/mol. The molecule has 2 saturated carbocycles. The number of carboxylic acid groups (broad SMARTS) is 1. The zero-order valence-corrected chi connectivity index (χ0v) is 25.6. The lowest BCUT2D eigenvalue weighted by atomic mass is 9.83. The summed E-state index contributed by atoms with van der Waals surface area (Å²) in [6.07, 6.45) is 19.6. The molecule has 4 unspecified atom stereocenters. The lowest BCUT2D eigenvalue weighted by molar-refractivity contribution is -0.352. The highest BCUT2D eigenvalue weighted by atomic mass is 16.8. The Bertz CT molecular complexity index is 807. The van der Waals surface area contributed by atoms with Crippen molar-refractivity contribution in [2.24, 2.45) is 23.7 Å². The summed E-state index contributed by atoms with van der Waals surface area (Å²) in [7, 11) is 0. The Morgan fingerprint density at radius 2 is 1.61 bits per heavy atom. The molecule has 234 valence electrons. The fraction of sp³-hybridized carbons (Fsp3) is 0.912. The highest BCUT2D eigenvalue weighted by molar-refractivity contribution is 5.75. The van der Waals surface area contributed by atoms with E-state index in [9.17, 15) is 9.90 Å². The maximum atomic E-state index is 12.7. The number of carboxylic acids is 1. The van der Waals surface area contributed by atoms with Crippen LogP contribution < -0.4 is 0 Å². The Hall–Kier alpha value is -0.990. The Kier molecular flexibility index (Phi) is 11.6. The van der Waals surface area contributed by atoms with Crippen LogP contribution in [0.2, 0.25) is 0 Å². The second-order valence-corrected chi connectivity index (χ2v) is 13.9. The zero-order valence-electron chi connectivity index (χ0n) is 25.6. The normalized spacial score (nSPS) is 34.9. The summed E-state index contributed by atoms with van der Waals surface area (Å²) in [5, 5.41) is 10.4. The summed E-state index contributed by atoms with van der Waals surface area (Å²) in [4.78, 5) is 12.7. The van der Waals surface area contributed by atoms with Crippen molar-refractivity contribution in [3.8, 4) is 0 Å². The lowest BCUT2D eigenvalue weighted by Gasteiger charge is -2.37. The fourth-order valence-corrected chi connectivity index (χ4v) is 8.07. The van der Waals surface area contributed by atoms with Gasteiger partial charge in [-0.2, -0.15) is 0 Å². The molecule has 0 spiro atoms. The van der Waals surface area contributed by atoms with E-state index in [4.69, 9.17) is 23.7 Å². The number of allylic oxidation sites excluding steroid dienone is 1. The van der Waals surface area contributed by atoms with Gasteiger partial charge >= 0.3 is 5.97 Å². The molecular weight excluding hydrogens is 520 g/mol. The van der Waals surface area contributed by atoms with E-state index in [1.165, 1.54) is 63.4 Å². The van der Waals surface area contributed by atoms with E-state index in [0.29, 0.717) is 44.3 Å². The average Bonchev–Trinajstić information content (AvgIpc) is 3.33. The lowest BCUT2D eigenvalue weighted by Crippen LogP contribution is -2.51. The molecule has 5 fully saturated rings. The summed E-state index contributed by atoms with van der Waals surface area (Å²) in [6.45, 7) is 8.06. The summed E-state index contributed by atoms with van der Waals surface area (Å²) in [5.74, 6) is 0.170. The van der Waals surface area contributed by atoms with E-state index >= 15 is 0 Å². The topological polar surface area (TPSA) is 86.8 Å². The number of carbonyl (C=O) groups is 1. The second-order valence-electron chi connectivity index (χ2n) is 13.9. The van der Waals surface area contributed by atoms with Gasteiger partial charge in [-0.1, -0.05) is 57.6 Å². The van der Waals surface area contributed by atoms with Gasteiger partial charge in [-0.25, -0.2) is 4.79 Å². The van der Waals surface area contributed by atoms with Crippen LogP contribution in [-0.2, 0) is 28.5 Å². The minimum absolute atomic E-state index is 0.0426. The van der Waals surface area contributed by atoms with Gasteiger partial charge in [0, 0.05) is 19.6 Å². The third-order valence-electron chi connectivity index (χ3n) is 10.6. The number of hydrogen-bond acceptors (Lipinski definition) is 6. The van der Waals surface area contributed by atoms with Crippen molar-refractivity contribution in [3.63, 3.8) is 0 Å². The van der Waals surface area contributed by atoms with Crippen molar-refractivity contribution in [1.29, 1.82) is 0 Å². The molecule has 0 aromatic rings. The van der Waals surface area contributed by atoms with Crippen LogP contribution in [0.1, 0.15) is 129 Å². The Morgan fingerprint density at radius 3 is 2.22 bits per heavy atom. The van der Waals surface area contributed by atoms with Crippen molar-refractivity contribution < 1.29 is 33.6 Å². The van der Waals surface area contributed by atoms with Gasteiger partial charge < -0.3 is 28.8 Å². The van der Waals surface area contributed by atoms with Crippen molar-refractivity contribution in [1.82, 2.24) is 0 Å². The first-order valence-corrected chi connectivity index (χ1v) is 17.1. The minimum atomic E-state index is -1.78. The van der Waals surface area contributed by atoms with Crippen LogP contribution >= 0.6 is 0 Å². The van der Waals surface area contributed by atoms with E-state index in [2.05, 4.69) is 13.5 Å². The zero-order chi connectivity index (χ0) is 28.7. The van der Waals surface area contributed by atoms with Gasteiger partial charge in [-0.15, -0.1) is 0 Å². The Labute approximate surface area is 248 Å². The highest BCUT2D eigenvalue weighted by Gasteiger charge is 2.50. The summed E-state index contributed by atoms with van der Waals surface area (Å²) in [5.41, 5.74) is 1.39. The molecule has 3 aliphatic heterocycles. The Morgan fingerprint density at radius 1 is 0.951 bits per heavy atom. The first-order valence-electron chi connectivity index (χ1n) is 17.1. The van der Waals surface area contributed by atoms with Gasteiger partial charge in [0.1, 0.15) is 0 Å². The number of epoxide rings is 1. The van der Waals surface area contributed by atoms with Gasteiger partial charge in [-0.3, -0.25) is 0 Å². The first kappa shape index (κ1) is 31.4. The molecular formula is C34H56O7. The third kappa shape index (κ3) is 9.01. The van der Waals surface area contributed by atoms with Gasteiger partial charge in [0.15, 0.2) is 12.6 Å². The SMILES string of the molecule is C=C1CC[C@H](CCCC(C)CC2CCCC2)[C@H]1C[C@H]1OC1CCC(OC1CCCCO1)(OC1CCCCO1)C(=O)O. The molecule has 0 aromatic carbocycles. The first-order chi connectivity index (χ1) is 19.9. The maximum Gasteiger partial charge on any atom is 0.364 e. The van der Waals surface area contributed by atoms with E-state index in [1.807, 2.05) is 0 Å². The highest BCUT2D eigenvalue weighted by Crippen LogP contribution is 2.46. The third-order valence-corrected chi connectivity index (χ3v) is 10.6. The summed E-state index contributed by atoms with van der Waals surface area (Å²) >= 11 is 0. The molecule has 5 rings (SSSR count). The van der Waals surface area contributed by atoms with Crippen LogP contribution in [0.4, 0.5) is 0 Å². The average molecular weight is 577 g/mol. The van der Waals surface area contributed by atoms with E-state index in [-0.39, 0.29) is 18.6 Å². The predicted octanol–water partition coefficient (Wildman–Crippen LogP) is 7.76. The molecule has 0 radical (unpaired) electrons. The largest absolute Gasteiger partial charge is 0.477 e. The van der Waals surface area contributed by atoms with Crippen molar-refractivity contribution in [2.75, 3.05) is 13.2 Å². The molecule has 0 aromatic heterocycles. The quantitative estimate of drug-likeness (QED) is 0.114. The van der Waals surface area contributed by atoms with Crippen molar-refractivity contribution in [3.05, 3.63) is 12.2 Å². The molecule has 1 N–H and O–H groups in total. The summed E-state index contributed by atoms with van der Waals surface area (Å²) in [6, 6.07) is 0. The molecule has 5 aliphatic rings. The fourth-order valence-electron chi connectivity index (χ4n) is 8.07. The minimum Gasteiger partial charge on any atom is -0.477 e. The van der Waals surface area contributed by atoms with Crippen LogP contribution in [0.15, 0.2) is 12.2 Å². The number of ether oxygens (including phenoxy) is 5.